The summed E-state index contributed by atoms with van der Waals surface area (Å²) in [6.07, 6.45) is 2.05. The van der Waals surface area contributed by atoms with E-state index in [1.54, 1.807) is 24.3 Å². The van der Waals surface area contributed by atoms with E-state index in [1.807, 2.05) is 27.7 Å². The molecule has 1 aromatic rings. The monoisotopic (exact) mass is 394 g/mol. The third-order valence-electron chi connectivity index (χ3n) is 6.37. The van der Waals surface area contributed by atoms with Crippen molar-refractivity contribution >= 4 is 23.6 Å². The van der Waals surface area contributed by atoms with Gasteiger partial charge < -0.3 is 4.74 Å². The molecule has 1 saturated carbocycles. The van der Waals surface area contributed by atoms with Gasteiger partial charge in [0.25, 0.3) is 0 Å². The molecule has 2 aliphatic carbocycles. The second-order valence-electron chi connectivity index (χ2n) is 10.2. The number of ketones is 3. The molecule has 1 fully saturated rings. The molecule has 0 N–H and O–H groups in total. The van der Waals surface area contributed by atoms with Crippen LogP contribution in [0.25, 0.3) is 0 Å². The SMILES string of the molecule is CC1(C)CC(=O)C2(OC3=C(C(=O)CC(C)(C)C3)C2c2ccc(C=O)cc2)C(=O)C1. The van der Waals surface area contributed by atoms with Gasteiger partial charge in [0.05, 0.1) is 5.92 Å². The van der Waals surface area contributed by atoms with Crippen LogP contribution in [-0.4, -0.2) is 29.2 Å². The van der Waals surface area contributed by atoms with Gasteiger partial charge in [-0.15, -0.1) is 0 Å². The Balaban J connectivity index is 1.90. The zero-order chi connectivity index (χ0) is 21.2. The van der Waals surface area contributed by atoms with Gasteiger partial charge in [0.1, 0.15) is 12.0 Å². The van der Waals surface area contributed by atoms with Crippen LogP contribution in [0.4, 0.5) is 0 Å². The lowest BCUT2D eigenvalue weighted by Crippen LogP contribution is -2.57. The molecule has 0 bridgehead atoms. The first-order valence-electron chi connectivity index (χ1n) is 10.1. The number of ether oxygens (including phenoxy) is 1. The fourth-order valence-corrected chi connectivity index (χ4v) is 5.10. The van der Waals surface area contributed by atoms with E-state index in [1.165, 1.54) is 0 Å². The molecule has 1 aromatic carbocycles. The molecule has 1 atom stereocenters. The average molecular weight is 394 g/mol. The van der Waals surface area contributed by atoms with Gasteiger partial charge in [-0.1, -0.05) is 52.0 Å². The van der Waals surface area contributed by atoms with Gasteiger partial charge in [0, 0.05) is 36.8 Å². The molecule has 3 aliphatic rings. The summed E-state index contributed by atoms with van der Waals surface area (Å²) in [5.74, 6) is -0.857. The molecular formula is C24H26O5. The Morgan fingerprint density at radius 1 is 0.862 bits per heavy atom. The normalized spacial score (nSPS) is 27.0. The van der Waals surface area contributed by atoms with Gasteiger partial charge in [-0.3, -0.25) is 19.2 Å². The predicted molar refractivity (Wildman–Crippen MR) is 106 cm³/mol. The second-order valence-corrected chi connectivity index (χ2v) is 10.2. The number of allylic oxidation sites excluding steroid dienone is 1. The van der Waals surface area contributed by atoms with Crippen molar-refractivity contribution in [2.75, 3.05) is 0 Å². The lowest BCUT2D eigenvalue weighted by atomic mass is 9.61. The Bertz CT molecular complexity index is 941. The molecule has 152 valence electrons. The van der Waals surface area contributed by atoms with E-state index in [-0.39, 0.29) is 35.6 Å². The first kappa shape index (κ1) is 19.7. The lowest BCUT2D eigenvalue weighted by Gasteiger charge is -2.41. The number of carbonyl (C=O) groups is 4. The van der Waals surface area contributed by atoms with E-state index < -0.39 is 16.9 Å². The number of Topliss-reactive ketones (excluding diaryl/α,β-unsaturated/α-hetero) is 3. The minimum Gasteiger partial charge on any atom is -0.474 e. The van der Waals surface area contributed by atoms with Crippen LogP contribution < -0.4 is 0 Å². The van der Waals surface area contributed by atoms with Gasteiger partial charge in [-0.25, -0.2) is 0 Å². The fraction of sp³-hybridized carbons (Fsp3) is 0.500. The van der Waals surface area contributed by atoms with Crippen LogP contribution in [0.15, 0.2) is 35.6 Å². The van der Waals surface area contributed by atoms with Crippen LogP contribution in [0.1, 0.15) is 75.2 Å². The smallest absolute Gasteiger partial charge is 0.234 e. The van der Waals surface area contributed by atoms with Crippen molar-refractivity contribution < 1.29 is 23.9 Å². The van der Waals surface area contributed by atoms with E-state index in [0.717, 1.165) is 6.29 Å². The van der Waals surface area contributed by atoms with Gasteiger partial charge >= 0.3 is 0 Å². The van der Waals surface area contributed by atoms with Crippen molar-refractivity contribution in [2.24, 2.45) is 10.8 Å². The number of rotatable bonds is 2. The first-order chi connectivity index (χ1) is 13.5. The topological polar surface area (TPSA) is 77.5 Å². The molecule has 5 nitrogen and oxygen atoms in total. The molecule has 0 radical (unpaired) electrons. The maximum atomic E-state index is 13.4. The highest BCUT2D eigenvalue weighted by Crippen LogP contribution is 2.57. The predicted octanol–water partition coefficient (Wildman–Crippen LogP) is 3.95. The molecule has 0 saturated heterocycles. The molecule has 1 spiro atoms. The molecule has 0 amide bonds. The van der Waals surface area contributed by atoms with E-state index in [2.05, 4.69) is 0 Å². The van der Waals surface area contributed by atoms with Crippen LogP contribution in [0.2, 0.25) is 0 Å². The second kappa shape index (κ2) is 6.22. The van der Waals surface area contributed by atoms with E-state index >= 15 is 0 Å². The molecule has 1 aliphatic heterocycles. The number of aldehydes is 1. The van der Waals surface area contributed by atoms with Gasteiger partial charge in [-0.2, -0.15) is 0 Å². The Morgan fingerprint density at radius 3 is 1.97 bits per heavy atom. The number of hydrogen-bond donors (Lipinski definition) is 0. The summed E-state index contributed by atoms with van der Waals surface area (Å²) in [6.45, 7) is 7.79. The molecule has 0 aromatic heterocycles. The summed E-state index contributed by atoms with van der Waals surface area (Å²) in [4.78, 5) is 51.1. The number of hydrogen-bond acceptors (Lipinski definition) is 5. The third-order valence-corrected chi connectivity index (χ3v) is 6.37. The highest BCUT2D eigenvalue weighted by atomic mass is 16.5. The summed E-state index contributed by atoms with van der Waals surface area (Å²) >= 11 is 0. The van der Waals surface area contributed by atoms with Gasteiger partial charge in [0.2, 0.25) is 5.60 Å². The van der Waals surface area contributed by atoms with Crippen LogP contribution in [0, 0.1) is 10.8 Å². The van der Waals surface area contributed by atoms with Crippen molar-refractivity contribution in [3.8, 4) is 0 Å². The van der Waals surface area contributed by atoms with Crippen molar-refractivity contribution in [2.45, 2.75) is 64.9 Å². The van der Waals surface area contributed by atoms with E-state index in [0.29, 0.717) is 35.3 Å². The Labute approximate surface area is 170 Å². The third kappa shape index (κ3) is 2.98. The highest BCUT2D eigenvalue weighted by Gasteiger charge is 2.65. The van der Waals surface area contributed by atoms with Crippen molar-refractivity contribution in [1.82, 2.24) is 0 Å². The van der Waals surface area contributed by atoms with Gasteiger partial charge in [0.15, 0.2) is 17.3 Å². The van der Waals surface area contributed by atoms with Crippen molar-refractivity contribution in [3.63, 3.8) is 0 Å². The summed E-state index contributed by atoms with van der Waals surface area (Å²) < 4.78 is 6.23. The summed E-state index contributed by atoms with van der Waals surface area (Å²) in [5.41, 5.74) is -0.762. The lowest BCUT2D eigenvalue weighted by molar-refractivity contribution is -0.160. The first-order valence-corrected chi connectivity index (χ1v) is 10.1. The average Bonchev–Trinajstić information content (AvgIpc) is 2.95. The van der Waals surface area contributed by atoms with Crippen LogP contribution in [0.3, 0.4) is 0 Å². The standard InChI is InChI=1S/C24H26O5/c1-22(2)9-16(26)20-17(10-22)29-24(18(27)11-23(3,4)12-19(24)28)21(20)15-7-5-14(13-25)6-8-15/h5-8,13,21H,9-12H2,1-4H3. The minimum absolute atomic E-state index is 0.0666. The molecule has 29 heavy (non-hydrogen) atoms. The maximum Gasteiger partial charge on any atom is 0.234 e. The Morgan fingerprint density at radius 2 is 1.41 bits per heavy atom. The number of benzene rings is 1. The molecule has 4 rings (SSSR count). The van der Waals surface area contributed by atoms with Gasteiger partial charge in [-0.05, 0) is 16.4 Å². The quantitative estimate of drug-likeness (QED) is 0.561. The minimum atomic E-state index is -1.67. The molecular weight excluding hydrogens is 368 g/mol. The zero-order valence-corrected chi connectivity index (χ0v) is 17.3. The maximum absolute atomic E-state index is 13.4. The fourth-order valence-electron chi connectivity index (χ4n) is 5.10. The highest BCUT2D eigenvalue weighted by molar-refractivity contribution is 6.17. The summed E-state index contributed by atoms with van der Waals surface area (Å²) in [6, 6.07) is 6.74. The Hall–Kier alpha value is -2.56. The summed E-state index contributed by atoms with van der Waals surface area (Å²) in [5, 5.41) is 0. The van der Waals surface area contributed by atoms with Crippen LogP contribution >= 0.6 is 0 Å². The largest absolute Gasteiger partial charge is 0.474 e. The van der Waals surface area contributed by atoms with Crippen molar-refractivity contribution in [1.29, 1.82) is 0 Å². The van der Waals surface area contributed by atoms with Crippen LogP contribution in [-0.2, 0) is 19.1 Å². The van der Waals surface area contributed by atoms with Crippen LogP contribution in [0.5, 0.6) is 0 Å². The summed E-state index contributed by atoms with van der Waals surface area (Å²) in [7, 11) is 0. The number of carbonyl (C=O) groups excluding carboxylic acids is 4. The van der Waals surface area contributed by atoms with E-state index in [9.17, 15) is 19.2 Å². The molecule has 1 unspecified atom stereocenters. The zero-order valence-electron chi connectivity index (χ0n) is 17.3. The molecule has 1 heterocycles. The van der Waals surface area contributed by atoms with E-state index in [4.69, 9.17) is 4.74 Å². The molecule has 5 heteroatoms. The van der Waals surface area contributed by atoms with Crippen molar-refractivity contribution in [3.05, 3.63) is 46.7 Å². The Kier molecular flexibility index (Phi) is 4.23.